The molecular formula is C27H30N4OS. The monoisotopic (exact) mass is 458 g/mol. The molecule has 1 N–H and O–H groups in total. The van der Waals surface area contributed by atoms with E-state index in [-0.39, 0.29) is 5.91 Å². The van der Waals surface area contributed by atoms with Crippen LogP contribution in [0.15, 0.2) is 66.8 Å². The van der Waals surface area contributed by atoms with Crippen molar-refractivity contribution in [2.75, 3.05) is 44.2 Å². The second-order valence-electron chi connectivity index (χ2n) is 9.07. The van der Waals surface area contributed by atoms with Crippen LogP contribution in [0.4, 0.5) is 5.82 Å². The van der Waals surface area contributed by atoms with Gasteiger partial charge in [-0.25, -0.2) is 0 Å². The lowest BCUT2D eigenvalue weighted by atomic mass is 10.1. The third-order valence-corrected chi connectivity index (χ3v) is 7.60. The molecule has 1 aliphatic carbocycles. The number of aromatic nitrogens is 1. The van der Waals surface area contributed by atoms with Gasteiger partial charge >= 0.3 is 0 Å². The number of amides is 1. The van der Waals surface area contributed by atoms with Gasteiger partial charge in [0.1, 0.15) is 5.82 Å². The number of fused-ring (bicyclic) bond motifs is 1. The average molecular weight is 459 g/mol. The number of piperazine rings is 1. The smallest absolute Gasteiger partial charge is 0.244 e. The van der Waals surface area contributed by atoms with E-state index in [0.29, 0.717) is 18.4 Å². The van der Waals surface area contributed by atoms with Gasteiger partial charge in [-0.2, -0.15) is 4.37 Å². The highest BCUT2D eigenvalue weighted by Crippen LogP contribution is 2.44. The van der Waals surface area contributed by atoms with Crippen molar-refractivity contribution in [2.45, 2.75) is 6.92 Å². The molecule has 2 fully saturated rings. The van der Waals surface area contributed by atoms with Crippen molar-refractivity contribution in [3.05, 3.63) is 77.9 Å². The van der Waals surface area contributed by atoms with Crippen LogP contribution in [-0.2, 0) is 4.79 Å². The SMILES string of the molecule is C=C1[C@H](CNC(=O)C=Cc2cccc(C)c2)[C@H]1CN1CCN(c2nsc3ccccc23)CC1. The molecule has 0 unspecified atom stereocenters. The van der Waals surface area contributed by atoms with E-state index in [1.54, 1.807) is 17.6 Å². The Balaban J connectivity index is 1.06. The fourth-order valence-corrected chi connectivity index (χ4v) is 5.49. The fourth-order valence-electron chi connectivity index (χ4n) is 4.70. The Kier molecular flexibility index (Phi) is 6.29. The predicted molar refractivity (Wildman–Crippen MR) is 138 cm³/mol. The molecule has 2 atom stereocenters. The topological polar surface area (TPSA) is 48.5 Å². The number of carbonyl (C=O) groups is 1. The van der Waals surface area contributed by atoms with E-state index >= 15 is 0 Å². The lowest BCUT2D eigenvalue weighted by molar-refractivity contribution is -0.116. The zero-order valence-electron chi connectivity index (χ0n) is 19.0. The molecule has 0 bridgehead atoms. The highest BCUT2D eigenvalue weighted by Gasteiger charge is 2.43. The van der Waals surface area contributed by atoms with E-state index in [9.17, 15) is 4.79 Å². The first-order valence-corrected chi connectivity index (χ1v) is 12.4. The molecular weight excluding hydrogens is 428 g/mol. The van der Waals surface area contributed by atoms with Crippen molar-refractivity contribution in [1.29, 1.82) is 0 Å². The lowest BCUT2D eigenvalue weighted by Crippen LogP contribution is -2.47. The molecule has 5 rings (SSSR count). The van der Waals surface area contributed by atoms with Crippen LogP contribution in [0.3, 0.4) is 0 Å². The lowest BCUT2D eigenvalue weighted by Gasteiger charge is -2.35. The van der Waals surface area contributed by atoms with Gasteiger partial charge in [0, 0.05) is 62.6 Å². The number of nitrogens with one attached hydrogen (secondary N) is 1. The van der Waals surface area contributed by atoms with Gasteiger partial charge < -0.3 is 10.2 Å². The summed E-state index contributed by atoms with van der Waals surface area (Å²) in [5.41, 5.74) is 3.50. The van der Waals surface area contributed by atoms with Gasteiger partial charge in [0.15, 0.2) is 0 Å². The summed E-state index contributed by atoms with van der Waals surface area (Å²) in [6.45, 7) is 12.1. The number of hydrogen-bond donors (Lipinski definition) is 1. The standard InChI is InChI=1S/C27H30N4OS/c1-19-6-5-7-21(16-19)10-11-26(32)28-17-23-20(2)24(23)18-30-12-14-31(15-13-30)27-22-8-3-4-9-25(22)33-29-27/h3-11,16,23-24H,2,12-15,17-18H2,1H3,(H,28,32)/t23-,24-/m0/s1. The van der Waals surface area contributed by atoms with E-state index in [0.717, 1.165) is 44.1 Å². The summed E-state index contributed by atoms with van der Waals surface area (Å²) >= 11 is 1.58. The van der Waals surface area contributed by atoms with Crippen molar-refractivity contribution in [2.24, 2.45) is 11.8 Å². The highest BCUT2D eigenvalue weighted by molar-refractivity contribution is 7.13. The molecule has 2 heterocycles. The minimum absolute atomic E-state index is 0.0425. The van der Waals surface area contributed by atoms with Crippen LogP contribution in [0.1, 0.15) is 11.1 Å². The Bertz CT molecular complexity index is 1190. The minimum Gasteiger partial charge on any atom is -0.353 e. The summed E-state index contributed by atoms with van der Waals surface area (Å²) < 4.78 is 5.96. The van der Waals surface area contributed by atoms with Gasteiger partial charge in [0.05, 0.1) is 4.70 Å². The summed E-state index contributed by atoms with van der Waals surface area (Å²) in [6, 6.07) is 16.6. The third-order valence-electron chi connectivity index (χ3n) is 6.78. The molecule has 1 saturated carbocycles. The molecule has 170 valence electrons. The second-order valence-corrected chi connectivity index (χ2v) is 9.88. The number of rotatable bonds is 7. The molecule has 3 aromatic rings. The van der Waals surface area contributed by atoms with Crippen LogP contribution in [0.25, 0.3) is 16.2 Å². The number of benzene rings is 2. The molecule has 5 nitrogen and oxygen atoms in total. The number of nitrogens with zero attached hydrogens (tertiary/aromatic N) is 3. The third kappa shape index (κ3) is 5.02. The molecule has 0 spiro atoms. The molecule has 1 aliphatic heterocycles. The Morgan fingerprint density at radius 3 is 2.79 bits per heavy atom. The van der Waals surface area contributed by atoms with Crippen molar-refractivity contribution < 1.29 is 4.79 Å². The summed E-state index contributed by atoms with van der Waals surface area (Å²) in [6.07, 6.45) is 3.49. The fraction of sp³-hybridized carbons (Fsp3) is 0.333. The van der Waals surface area contributed by atoms with Gasteiger partial charge in [-0.1, -0.05) is 54.1 Å². The summed E-state index contributed by atoms with van der Waals surface area (Å²) in [7, 11) is 0. The minimum atomic E-state index is -0.0425. The Morgan fingerprint density at radius 2 is 1.97 bits per heavy atom. The van der Waals surface area contributed by atoms with Crippen molar-refractivity contribution in [1.82, 2.24) is 14.6 Å². The van der Waals surface area contributed by atoms with E-state index < -0.39 is 0 Å². The number of anilines is 1. The van der Waals surface area contributed by atoms with E-state index in [4.69, 9.17) is 4.37 Å². The van der Waals surface area contributed by atoms with Gasteiger partial charge in [-0.05, 0) is 42.2 Å². The van der Waals surface area contributed by atoms with Crippen LogP contribution in [0.5, 0.6) is 0 Å². The first-order valence-electron chi connectivity index (χ1n) is 11.6. The van der Waals surface area contributed by atoms with Gasteiger partial charge in [-0.3, -0.25) is 9.69 Å². The van der Waals surface area contributed by atoms with E-state index in [1.807, 2.05) is 18.2 Å². The quantitative estimate of drug-likeness (QED) is 0.422. The van der Waals surface area contributed by atoms with Crippen molar-refractivity contribution in [3.8, 4) is 0 Å². The van der Waals surface area contributed by atoms with Crippen LogP contribution >= 0.6 is 11.5 Å². The molecule has 6 heteroatoms. The Morgan fingerprint density at radius 1 is 1.15 bits per heavy atom. The van der Waals surface area contributed by atoms with Crippen molar-refractivity contribution in [3.63, 3.8) is 0 Å². The first kappa shape index (κ1) is 21.9. The Hall–Kier alpha value is -2.96. The molecule has 1 saturated heterocycles. The van der Waals surface area contributed by atoms with Crippen LogP contribution in [0, 0.1) is 18.8 Å². The summed E-state index contributed by atoms with van der Waals surface area (Å²) in [5.74, 6) is 1.96. The van der Waals surface area contributed by atoms with Gasteiger partial charge in [-0.15, -0.1) is 0 Å². The highest BCUT2D eigenvalue weighted by atomic mass is 32.1. The molecule has 1 aromatic heterocycles. The first-order chi connectivity index (χ1) is 16.1. The maximum atomic E-state index is 12.2. The number of hydrogen-bond acceptors (Lipinski definition) is 5. The normalized spacial score (nSPS) is 21.1. The summed E-state index contributed by atoms with van der Waals surface area (Å²) in [4.78, 5) is 17.2. The molecule has 1 amide bonds. The zero-order chi connectivity index (χ0) is 22.8. The van der Waals surface area contributed by atoms with Gasteiger partial charge in [0.25, 0.3) is 0 Å². The van der Waals surface area contributed by atoms with Crippen LogP contribution in [-0.4, -0.2) is 54.4 Å². The molecule has 2 aliphatic rings. The maximum absolute atomic E-state index is 12.2. The largest absolute Gasteiger partial charge is 0.353 e. The number of aryl methyl sites for hydroxylation is 1. The zero-order valence-corrected chi connectivity index (χ0v) is 19.9. The summed E-state index contributed by atoms with van der Waals surface area (Å²) in [5, 5.41) is 4.31. The van der Waals surface area contributed by atoms with E-state index in [1.165, 1.54) is 21.2 Å². The molecule has 2 aromatic carbocycles. The van der Waals surface area contributed by atoms with Gasteiger partial charge in [0.2, 0.25) is 5.91 Å². The Labute approximate surface area is 199 Å². The van der Waals surface area contributed by atoms with E-state index in [2.05, 4.69) is 65.0 Å². The van der Waals surface area contributed by atoms with Crippen molar-refractivity contribution >= 4 is 39.4 Å². The van der Waals surface area contributed by atoms with Crippen LogP contribution in [0.2, 0.25) is 0 Å². The number of carbonyl (C=O) groups excluding carboxylic acids is 1. The average Bonchev–Trinajstić information content (AvgIpc) is 3.23. The maximum Gasteiger partial charge on any atom is 0.244 e. The molecule has 33 heavy (non-hydrogen) atoms. The van der Waals surface area contributed by atoms with Crippen LogP contribution < -0.4 is 10.2 Å². The second kappa shape index (κ2) is 9.49. The molecule has 0 radical (unpaired) electrons. The predicted octanol–water partition coefficient (Wildman–Crippen LogP) is 4.36.